The third-order valence-corrected chi connectivity index (χ3v) is 6.16. The van der Waals surface area contributed by atoms with Gasteiger partial charge in [-0.2, -0.15) is 0 Å². The molecule has 0 aliphatic rings. The second-order valence-corrected chi connectivity index (χ2v) is 9.39. The maximum atomic E-state index is 13.4. The number of benzene rings is 2. The fraction of sp³-hybridized carbons (Fsp3) is 0.286. The van der Waals surface area contributed by atoms with Crippen molar-refractivity contribution in [1.29, 1.82) is 0 Å². The van der Waals surface area contributed by atoms with Gasteiger partial charge >= 0.3 is 11.9 Å². The molecule has 41 heavy (non-hydrogen) atoms. The zero-order valence-corrected chi connectivity index (χ0v) is 22.0. The average molecular weight is 565 g/mol. The molecule has 13 heteroatoms. The Morgan fingerprint density at radius 3 is 1.80 bits per heavy atom. The van der Waals surface area contributed by atoms with Gasteiger partial charge in [-0.1, -0.05) is 60.7 Å². The van der Waals surface area contributed by atoms with E-state index >= 15 is 0 Å². The molecule has 4 unspecified atom stereocenters. The Morgan fingerprint density at radius 2 is 1.27 bits per heavy atom. The van der Waals surface area contributed by atoms with Crippen molar-refractivity contribution >= 4 is 29.7 Å². The van der Waals surface area contributed by atoms with Gasteiger partial charge in [0.2, 0.25) is 17.7 Å². The summed E-state index contributed by atoms with van der Waals surface area (Å²) in [4.78, 5) is 69.1. The van der Waals surface area contributed by atoms with Gasteiger partial charge in [-0.3, -0.25) is 19.2 Å². The van der Waals surface area contributed by atoms with Crippen LogP contribution in [-0.2, 0) is 43.2 Å². The molecule has 1 heterocycles. The molecule has 1 aromatic heterocycles. The van der Waals surface area contributed by atoms with E-state index in [0.717, 1.165) is 5.56 Å². The lowest BCUT2D eigenvalue weighted by atomic mass is 10.0. The number of aromatic amines is 1. The van der Waals surface area contributed by atoms with Crippen LogP contribution in [0.5, 0.6) is 0 Å². The minimum Gasteiger partial charge on any atom is -0.481 e. The molecule has 8 N–H and O–H groups in total. The van der Waals surface area contributed by atoms with Gasteiger partial charge in [-0.15, -0.1) is 0 Å². The number of hydrogen-bond acceptors (Lipinski definition) is 7. The molecule has 0 aliphatic carbocycles. The molecule has 0 fully saturated rings. The standard InChI is InChI=1S/C28H32N6O7/c29-20(11-17-7-3-1-4-8-17)25(37)32-21(12-18-9-5-2-6-10-18)26(38)33-22(14-24(35)36)27(39)34-23(28(40)41)13-19-15-30-16-31-19/h1-10,15-16,20-23H,11-14,29H2,(H,30,31)(H,32,37)(H,33,38)(H,34,39)(H,35,36)(H,40,41). The maximum Gasteiger partial charge on any atom is 0.326 e. The minimum atomic E-state index is -1.63. The number of amides is 3. The number of carboxylic acids is 2. The van der Waals surface area contributed by atoms with Crippen LogP contribution in [0, 0.1) is 0 Å². The first kappa shape index (κ1) is 30.5. The molecule has 2 aromatic carbocycles. The summed E-state index contributed by atoms with van der Waals surface area (Å²) in [5.74, 6) is -5.24. The van der Waals surface area contributed by atoms with Gasteiger partial charge in [0.25, 0.3) is 0 Å². The highest BCUT2D eigenvalue weighted by molar-refractivity contribution is 5.95. The third kappa shape index (κ3) is 9.89. The molecule has 3 aromatic rings. The molecule has 0 radical (unpaired) electrons. The Labute approximate surface area is 235 Å². The van der Waals surface area contributed by atoms with E-state index in [2.05, 4.69) is 25.9 Å². The van der Waals surface area contributed by atoms with Crippen LogP contribution < -0.4 is 21.7 Å². The van der Waals surface area contributed by atoms with Gasteiger partial charge in [0.1, 0.15) is 18.1 Å². The third-order valence-electron chi connectivity index (χ3n) is 6.16. The van der Waals surface area contributed by atoms with Gasteiger partial charge in [-0.25, -0.2) is 9.78 Å². The zero-order chi connectivity index (χ0) is 29.8. The number of carboxylic acid groups (broad SMARTS) is 2. The van der Waals surface area contributed by atoms with Crippen LogP contribution >= 0.6 is 0 Å². The van der Waals surface area contributed by atoms with Gasteiger partial charge in [-0.05, 0) is 17.5 Å². The van der Waals surface area contributed by atoms with E-state index in [-0.39, 0.29) is 19.3 Å². The Balaban J connectivity index is 1.75. The number of nitrogens with two attached hydrogens (primary N) is 1. The number of H-pyrrole nitrogens is 1. The van der Waals surface area contributed by atoms with E-state index in [4.69, 9.17) is 5.73 Å². The van der Waals surface area contributed by atoms with Crippen molar-refractivity contribution in [3.8, 4) is 0 Å². The van der Waals surface area contributed by atoms with Gasteiger partial charge < -0.3 is 36.9 Å². The van der Waals surface area contributed by atoms with Crippen LogP contribution in [0.1, 0.15) is 23.2 Å². The Morgan fingerprint density at radius 1 is 0.732 bits per heavy atom. The van der Waals surface area contributed by atoms with Crippen molar-refractivity contribution < 1.29 is 34.2 Å². The molecule has 3 rings (SSSR count). The van der Waals surface area contributed by atoms with Crippen LogP contribution in [0.4, 0.5) is 0 Å². The average Bonchev–Trinajstić information content (AvgIpc) is 3.46. The summed E-state index contributed by atoms with van der Waals surface area (Å²) in [5.41, 5.74) is 8.03. The van der Waals surface area contributed by atoms with E-state index in [0.29, 0.717) is 11.3 Å². The highest BCUT2D eigenvalue weighted by Crippen LogP contribution is 2.08. The Hall–Kier alpha value is -5.04. The molecule has 0 spiro atoms. The van der Waals surface area contributed by atoms with Crippen molar-refractivity contribution in [3.05, 3.63) is 90.0 Å². The van der Waals surface area contributed by atoms with Crippen LogP contribution in [-0.4, -0.2) is 74.0 Å². The Bertz CT molecular complexity index is 1320. The predicted octanol–water partition coefficient (Wildman–Crippen LogP) is -0.221. The van der Waals surface area contributed by atoms with Crippen molar-refractivity contribution in [2.45, 2.75) is 49.9 Å². The van der Waals surface area contributed by atoms with E-state index in [1.54, 1.807) is 30.3 Å². The summed E-state index contributed by atoms with van der Waals surface area (Å²) in [6, 6.07) is 12.6. The van der Waals surface area contributed by atoms with Crippen molar-refractivity contribution in [3.63, 3.8) is 0 Å². The normalized spacial score (nSPS) is 13.7. The van der Waals surface area contributed by atoms with E-state index in [9.17, 15) is 34.2 Å². The molecule has 0 saturated carbocycles. The summed E-state index contributed by atoms with van der Waals surface area (Å²) in [5, 5.41) is 26.2. The summed E-state index contributed by atoms with van der Waals surface area (Å²) in [6.07, 6.45) is 1.99. The van der Waals surface area contributed by atoms with Gasteiger partial charge in [0.15, 0.2) is 0 Å². The highest BCUT2D eigenvalue weighted by Gasteiger charge is 2.32. The number of nitrogens with one attached hydrogen (secondary N) is 4. The van der Waals surface area contributed by atoms with E-state index in [1.165, 1.54) is 12.5 Å². The first-order valence-corrected chi connectivity index (χ1v) is 12.8. The number of aromatic nitrogens is 2. The summed E-state index contributed by atoms with van der Waals surface area (Å²) in [6.45, 7) is 0. The smallest absolute Gasteiger partial charge is 0.326 e. The molecular weight excluding hydrogens is 532 g/mol. The molecule has 0 aliphatic heterocycles. The van der Waals surface area contributed by atoms with Gasteiger partial charge in [0.05, 0.1) is 18.8 Å². The lowest BCUT2D eigenvalue weighted by Crippen LogP contribution is -2.58. The fourth-order valence-electron chi connectivity index (χ4n) is 4.04. The fourth-order valence-corrected chi connectivity index (χ4v) is 4.04. The number of rotatable bonds is 15. The van der Waals surface area contributed by atoms with Gasteiger partial charge in [0, 0.05) is 24.7 Å². The van der Waals surface area contributed by atoms with Crippen molar-refractivity contribution in [1.82, 2.24) is 25.9 Å². The number of hydrogen-bond donors (Lipinski definition) is 7. The second-order valence-electron chi connectivity index (χ2n) is 9.39. The topological polar surface area (TPSA) is 217 Å². The number of carbonyl (C=O) groups excluding carboxylic acids is 3. The number of imidazole rings is 1. The Kier molecular flexibility index (Phi) is 11.1. The molecule has 13 nitrogen and oxygen atoms in total. The SMILES string of the molecule is NC(Cc1ccccc1)C(=O)NC(Cc1ccccc1)C(=O)NC(CC(=O)O)C(=O)NC(Cc1cnc[nH]1)C(=O)O. The lowest BCUT2D eigenvalue weighted by Gasteiger charge is -2.24. The molecule has 0 saturated heterocycles. The number of aliphatic carboxylic acids is 2. The highest BCUT2D eigenvalue weighted by atomic mass is 16.4. The van der Waals surface area contributed by atoms with E-state index < -0.39 is 60.2 Å². The molecular formula is C28H32N6O7. The van der Waals surface area contributed by atoms with Crippen molar-refractivity contribution in [2.75, 3.05) is 0 Å². The molecule has 216 valence electrons. The summed E-state index contributed by atoms with van der Waals surface area (Å²) >= 11 is 0. The quantitative estimate of drug-likeness (QED) is 0.130. The number of carbonyl (C=O) groups is 5. The van der Waals surface area contributed by atoms with Crippen LogP contribution in [0.2, 0.25) is 0 Å². The summed E-state index contributed by atoms with van der Waals surface area (Å²) < 4.78 is 0. The van der Waals surface area contributed by atoms with Crippen LogP contribution in [0.3, 0.4) is 0 Å². The first-order chi connectivity index (χ1) is 19.6. The predicted molar refractivity (Wildman–Crippen MR) is 146 cm³/mol. The number of nitrogens with zero attached hydrogens (tertiary/aromatic N) is 1. The molecule has 0 bridgehead atoms. The monoisotopic (exact) mass is 564 g/mol. The maximum absolute atomic E-state index is 13.4. The largest absolute Gasteiger partial charge is 0.481 e. The van der Waals surface area contributed by atoms with Crippen LogP contribution in [0.15, 0.2) is 73.2 Å². The first-order valence-electron chi connectivity index (χ1n) is 12.8. The molecule has 4 atom stereocenters. The van der Waals surface area contributed by atoms with E-state index in [1.807, 2.05) is 30.3 Å². The minimum absolute atomic E-state index is 0.0233. The van der Waals surface area contributed by atoms with Crippen molar-refractivity contribution in [2.24, 2.45) is 5.73 Å². The van der Waals surface area contributed by atoms with Crippen LogP contribution in [0.25, 0.3) is 0 Å². The second kappa shape index (κ2) is 14.9. The summed E-state index contributed by atoms with van der Waals surface area (Å²) in [7, 11) is 0. The lowest BCUT2D eigenvalue weighted by molar-refractivity contribution is -0.143. The zero-order valence-electron chi connectivity index (χ0n) is 22.0. The molecule has 3 amide bonds.